The number of thiazole rings is 1. The summed E-state index contributed by atoms with van der Waals surface area (Å²) >= 11 is 1.72. The van der Waals surface area contributed by atoms with Gasteiger partial charge in [-0.05, 0) is 12.1 Å². The maximum absolute atomic E-state index is 13.3. The second-order valence-corrected chi connectivity index (χ2v) is 8.83. The molecule has 2 unspecified atom stereocenters. The number of alkyl halides is 6. The van der Waals surface area contributed by atoms with Gasteiger partial charge in [0.2, 0.25) is 0 Å². The number of aromatic nitrogens is 1. The number of carboxylic acids is 2. The van der Waals surface area contributed by atoms with Gasteiger partial charge in [0, 0.05) is 56.3 Å². The maximum atomic E-state index is 13.3. The number of nitrogens with zero attached hydrogens (tertiary/aromatic N) is 3. The number of rotatable bonds is 4. The van der Waals surface area contributed by atoms with Gasteiger partial charge in [-0.15, -0.1) is 11.3 Å². The molecular weight excluding hydrogens is 539 g/mol. The maximum Gasteiger partial charge on any atom is 0.490 e. The molecule has 0 saturated carbocycles. The summed E-state index contributed by atoms with van der Waals surface area (Å²) in [5, 5.41) is 17.5. The molecule has 8 nitrogen and oxygen atoms in total. The fourth-order valence-electron chi connectivity index (χ4n) is 3.54. The lowest BCUT2D eigenvalue weighted by Gasteiger charge is -2.36. The van der Waals surface area contributed by atoms with Crippen molar-refractivity contribution in [3.05, 3.63) is 46.7 Å². The SMILES string of the molecule is Fc1cccc(OC2CC3CN(Cc4nccs4)CCN3C2)c1.O=C(O)C(F)(F)F.O=C(O)C(F)(F)F. The Morgan fingerprint density at radius 3 is 2.19 bits per heavy atom. The van der Waals surface area contributed by atoms with E-state index < -0.39 is 24.3 Å². The van der Waals surface area contributed by atoms with Gasteiger partial charge in [-0.1, -0.05) is 6.07 Å². The molecule has 0 aliphatic carbocycles. The van der Waals surface area contributed by atoms with E-state index in [1.807, 2.05) is 17.6 Å². The van der Waals surface area contributed by atoms with Crippen molar-refractivity contribution in [1.29, 1.82) is 0 Å². The number of carbonyl (C=O) groups is 2. The van der Waals surface area contributed by atoms with Crippen LogP contribution in [-0.4, -0.2) is 87.6 Å². The molecule has 2 aromatic rings. The van der Waals surface area contributed by atoms with Gasteiger partial charge in [-0.25, -0.2) is 19.0 Å². The Hall–Kier alpha value is -2.98. The zero-order valence-corrected chi connectivity index (χ0v) is 19.7. The molecule has 2 saturated heterocycles. The van der Waals surface area contributed by atoms with Crippen LogP contribution >= 0.6 is 11.3 Å². The largest absolute Gasteiger partial charge is 0.490 e. The summed E-state index contributed by atoms with van der Waals surface area (Å²) in [6.45, 7) is 5.08. The zero-order valence-electron chi connectivity index (χ0n) is 18.9. The van der Waals surface area contributed by atoms with Gasteiger partial charge >= 0.3 is 24.3 Å². The van der Waals surface area contributed by atoms with E-state index in [0.29, 0.717) is 11.8 Å². The summed E-state index contributed by atoms with van der Waals surface area (Å²) < 4.78 is 82.7. The third kappa shape index (κ3) is 10.5. The molecule has 2 atom stereocenters. The molecule has 2 N–H and O–H groups in total. The molecule has 3 heterocycles. The van der Waals surface area contributed by atoms with Gasteiger partial charge in [0.05, 0.1) is 6.54 Å². The number of ether oxygens (including phenoxy) is 1. The average Bonchev–Trinajstić information content (AvgIpc) is 3.42. The van der Waals surface area contributed by atoms with Crippen LogP contribution in [0.15, 0.2) is 35.8 Å². The minimum absolute atomic E-state index is 0.154. The van der Waals surface area contributed by atoms with Crippen LogP contribution < -0.4 is 4.74 Å². The summed E-state index contributed by atoms with van der Waals surface area (Å²) in [6, 6.07) is 6.97. The van der Waals surface area contributed by atoms with Gasteiger partial charge in [-0.2, -0.15) is 26.3 Å². The summed E-state index contributed by atoms with van der Waals surface area (Å²) in [4.78, 5) is 27.1. The van der Waals surface area contributed by atoms with Crippen molar-refractivity contribution in [3.8, 4) is 5.75 Å². The lowest BCUT2D eigenvalue weighted by Crippen LogP contribution is -2.49. The molecule has 206 valence electrons. The second-order valence-electron chi connectivity index (χ2n) is 7.85. The standard InChI is InChI=1S/C17H20FN3OS.2C2HF3O2/c18-13-2-1-3-15(8-13)22-16-9-14-10-20(5-6-21(14)11-16)12-17-19-4-7-23-17;2*3-2(4,5)1(6)7/h1-4,7-8,14,16H,5-6,9-12H2;2*(H,6,7). The quantitative estimate of drug-likeness (QED) is 0.543. The molecule has 1 aromatic carbocycles. The minimum Gasteiger partial charge on any atom is -0.489 e. The first-order valence-electron chi connectivity index (χ1n) is 10.5. The van der Waals surface area contributed by atoms with Crippen LogP contribution in [0.1, 0.15) is 11.4 Å². The van der Waals surface area contributed by atoms with Crippen molar-refractivity contribution in [2.24, 2.45) is 0 Å². The van der Waals surface area contributed by atoms with Crippen LogP contribution in [0.3, 0.4) is 0 Å². The number of halogens is 7. The number of piperazine rings is 1. The third-order valence-electron chi connectivity index (χ3n) is 5.09. The minimum atomic E-state index is -5.08. The van der Waals surface area contributed by atoms with Crippen LogP contribution in [0.5, 0.6) is 5.75 Å². The van der Waals surface area contributed by atoms with Crippen LogP contribution in [0.2, 0.25) is 0 Å². The molecule has 2 fully saturated rings. The number of fused-ring (bicyclic) bond motifs is 1. The van der Waals surface area contributed by atoms with E-state index in [0.717, 1.165) is 39.1 Å². The van der Waals surface area contributed by atoms with E-state index in [2.05, 4.69) is 14.8 Å². The first kappa shape index (κ1) is 30.2. The Morgan fingerprint density at radius 2 is 1.68 bits per heavy atom. The van der Waals surface area contributed by atoms with Crippen molar-refractivity contribution in [3.63, 3.8) is 0 Å². The lowest BCUT2D eigenvalue weighted by molar-refractivity contribution is -0.193. The van der Waals surface area contributed by atoms with E-state index in [1.165, 1.54) is 17.1 Å². The van der Waals surface area contributed by atoms with E-state index in [1.54, 1.807) is 17.4 Å². The topological polar surface area (TPSA) is 103 Å². The van der Waals surface area contributed by atoms with Crippen LogP contribution in [0.25, 0.3) is 0 Å². The molecular formula is C21H22F7N3O5S. The van der Waals surface area contributed by atoms with Crippen molar-refractivity contribution < 1.29 is 55.3 Å². The van der Waals surface area contributed by atoms with Gasteiger partial charge in [0.1, 0.15) is 22.7 Å². The molecule has 0 amide bonds. The van der Waals surface area contributed by atoms with Crippen molar-refractivity contribution in [1.82, 2.24) is 14.8 Å². The molecule has 4 rings (SSSR count). The van der Waals surface area contributed by atoms with Gasteiger partial charge in [0.25, 0.3) is 0 Å². The molecule has 2 aliphatic heterocycles. The Balaban J connectivity index is 0.000000286. The molecule has 0 spiro atoms. The second kappa shape index (κ2) is 13.0. The first-order chi connectivity index (χ1) is 17.1. The van der Waals surface area contributed by atoms with Gasteiger partial charge in [0.15, 0.2) is 0 Å². The van der Waals surface area contributed by atoms with Crippen molar-refractivity contribution >= 4 is 23.3 Å². The highest BCUT2D eigenvalue weighted by atomic mass is 32.1. The monoisotopic (exact) mass is 561 g/mol. The highest BCUT2D eigenvalue weighted by Gasteiger charge is 2.39. The Labute approximate surface area is 209 Å². The number of hydrogen-bond donors (Lipinski definition) is 2. The van der Waals surface area contributed by atoms with Crippen molar-refractivity contribution in [2.45, 2.75) is 37.5 Å². The Kier molecular flexibility index (Phi) is 10.6. The Bertz CT molecular complexity index is 997. The predicted molar refractivity (Wildman–Crippen MR) is 116 cm³/mol. The molecule has 16 heteroatoms. The summed E-state index contributed by atoms with van der Waals surface area (Å²) in [5.41, 5.74) is 0. The Morgan fingerprint density at radius 1 is 1.05 bits per heavy atom. The van der Waals surface area contributed by atoms with E-state index in [4.69, 9.17) is 24.5 Å². The van der Waals surface area contributed by atoms with Gasteiger partial charge in [-0.3, -0.25) is 9.80 Å². The molecule has 0 bridgehead atoms. The number of carboxylic acid groups (broad SMARTS) is 2. The van der Waals surface area contributed by atoms with Crippen molar-refractivity contribution in [2.75, 3.05) is 26.2 Å². The number of aliphatic carboxylic acids is 2. The number of benzene rings is 1. The first-order valence-corrected chi connectivity index (χ1v) is 11.4. The summed E-state index contributed by atoms with van der Waals surface area (Å²) in [7, 11) is 0. The van der Waals surface area contributed by atoms with E-state index >= 15 is 0 Å². The predicted octanol–water partition coefficient (Wildman–Crippen LogP) is 3.89. The normalized spacial score (nSPS) is 20.1. The van der Waals surface area contributed by atoms with Crippen LogP contribution in [0.4, 0.5) is 30.7 Å². The average molecular weight is 561 g/mol. The smallest absolute Gasteiger partial charge is 0.489 e. The van der Waals surface area contributed by atoms with Crippen LogP contribution in [-0.2, 0) is 16.1 Å². The third-order valence-corrected chi connectivity index (χ3v) is 5.85. The van der Waals surface area contributed by atoms with Gasteiger partial charge < -0.3 is 14.9 Å². The lowest BCUT2D eigenvalue weighted by atomic mass is 10.1. The molecule has 37 heavy (non-hydrogen) atoms. The van der Waals surface area contributed by atoms with E-state index in [9.17, 15) is 30.7 Å². The fourth-order valence-corrected chi connectivity index (χ4v) is 4.20. The summed E-state index contributed by atoms with van der Waals surface area (Å²) in [6.07, 6.45) is -7.14. The molecule has 1 aromatic heterocycles. The fraction of sp³-hybridized carbons (Fsp3) is 0.476. The highest BCUT2D eigenvalue weighted by molar-refractivity contribution is 7.09. The molecule has 2 aliphatic rings. The molecule has 0 radical (unpaired) electrons. The highest BCUT2D eigenvalue weighted by Crippen LogP contribution is 2.27. The zero-order chi connectivity index (χ0) is 27.8. The summed E-state index contributed by atoms with van der Waals surface area (Å²) in [5.74, 6) is -5.12. The van der Waals surface area contributed by atoms with Crippen LogP contribution in [0, 0.1) is 5.82 Å². The number of hydrogen-bond acceptors (Lipinski definition) is 7. The van der Waals surface area contributed by atoms with E-state index in [-0.39, 0.29) is 11.9 Å².